The summed E-state index contributed by atoms with van der Waals surface area (Å²) >= 11 is 0. The van der Waals surface area contributed by atoms with Crippen molar-refractivity contribution < 1.29 is 0 Å². The van der Waals surface area contributed by atoms with Gasteiger partial charge in [-0.05, 0) is 38.3 Å². The molecule has 0 aromatic carbocycles. The summed E-state index contributed by atoms with van der Waals surface area (Å²) in [4.78, 5) is 2.21. The Balaban J connectivity index is 1.92. The van der Waals surface area contributed by atoms with Crippen LogP contribution >= 0.6 is 0 Å². The Morgan fingerprint density at radius 1 is 1.38 bits per heavy atom. The Bertz CT molecular complexity index is 670. The molecule has 3 rings (SSSR count). The summed E-state index contributed by atoms with van der Waals surface area (Å²) in [5.41, 5.74) is 2.39. The number of hydrogen-bond donors (Lipinski definition) is 0. The monoisotopic (exact) mass is 282 g/mol. The second-order valence-electron chi connectivity index (χ2n) is 5.44. The minimum absolute atomic E-state index is 0.313. The van der Waals surface area contributed by atoms with Crippen LogP contribution in [-0.4, -0.2) is 32.6 Å². The number of nitriles is 1. The second-order valence-corrected chi connectivity index (χ2v) is 5.44. The molecular formula is C15H18N6. The molecule has 0 saturated carbocycles. The van der Waals surface area contributed by atoms with E-state index >= 15 is 0 Å². The highest BCUT2D eigenvalue weighted by atomic mass is 15.3. The molecule has 0 unspecified atom stereocenters. The van der Waals surface area contributed by atoms with E-state index in [2.05, 4.69) is 26.3 Å². The van der Waals surface area contributed by atoms with Crippen molar-refractivity contribution in [1.29, 1.82) is 5.26 Å². The summed E-state index contributed by atoms with van der Waals surface area (Å²) in [6.07, 6.45) is 5.94. The fourth-order valence-corrected chi connectivity index (χ4v) is 2.86. The molecule has 3 heterocycles. The number of anilines is 1. The topological polar surface area (TPSA) is 70.6 Å². The molecule has 1 aliphatic rings. The number of rotatable bonds is 3. The highest BCUT2D eigenvalue weighted by molar-refractivity contribution is 5.58. The van der Waals surface area contributed by atoms with Crippen molar-refractivity contribution >= 4 is 5.82 Å². The highest BCUT2D eigenvalue weighted by Crippen LogP contribution is 2.29. The van der Waals surface area contributed by atoms with Crippen molar-refractivity contribution in [3.63, 3.8) is 0 Å². The Kier molecular flexibility index (Phi) is 3.57. The third-order valence-corrected chi connectivity index (χ3v) is 4.15. The number of hydrogen-bond acceptors (Lipinski definition) is 5. The first-order valence-electron chi connectivity index (χ1n) is 7.18. The molecule has 108 valence electrons. The minimum Gasteiger partial charge on any atom is -0.349 e. The first kappa shape index (κ1) is 13.6. The number of aryl methyl sites for hydroxylation is 1. The molecule has 0 radical (unpaired) electrons. The Morgan fingerprint density at radius 2 is 2.24 bits per heavy atom. The van der Waals surface area contributed by atoms with Gasteiger partial charge in [-0.2, -0.15) is 15.5 Å². The standard InChI is InChI=1S/C15H18N6/c1-11-12(2)18-19-15(14(11)9-16)21-8-3-5-13(21)10-20-7-4-6-17-20/h4,6-7,13H,3,5,8,10H2,1-2H3/t13-/m0/s1. The SMILES string of the molecule is Cc1nnc(N2CCC[C@H]2Cn2cccn2)c(C#N)c1C. The van der Waals surface area contributed by atoms with Crippen LogP contribution in [0.1, 0.15) is 29.7 Å². The maximum atomic E-state index is 9.46. The van der Waals surface area contributed by atoms with Gasteiger partial charge >= 0.3 is 0 Å². The molecule has 21 heavy (non-hydrogen) atoms. The third-order valence-electron chi connectivity index (χ3n) is 4.15. The molecule has 1 aliphatic heterocycles. The van der Waals surface area contributed by atoms with Crippen LogP contribution < -0.4 is 4.90 Å². The van der Waals surface area contributed by atoms with Gasteiger partial charge in [-0.15, -0.1) is 5.10 Å². The maximum absolute atomic E-state index is 9.46. The van der Waals surface area contributed by atoms with Crippen LogP contribution in [0.15, 0.2) is 18.5 Å². The van der Waals surface area contributed by atoms with E-state index in [4.69, 9.17) is 0 Å². The molecule has 0 N–H and O–H groups in total. The molecule has 1 saturated heterocycles. The van der Waals surface area contributed by atoms with E-state index in [9.17, 15) is 5.26 Å². The molecule has 2 aromatic heterocycles. The van der Waals surface area contributed by atoms with E-state index in [1.165, 1.54) is 0 Å². The van der Waals surface area contributed by atoms with Gasteiger partial charge in [-0.1, -0.05) is 0 Å². The van der Waals surface area contributed by atoms with Gasteiger partial charge in [0.15, 0.2) is 5.82 Å². The summed E-state index contributed by atoms with van der Waals surface area (Å²) in [6, 6.07) is 4.53. The quantitative estimate of drug-likeness (QED) is 0.859. The van der Waals surface area contributed by atoms with Gasteiger partial charge in [-0.3, -0.25) is 4.68 Å². The predicted molar refractivity (Wildman–Crippen MR) is 78.8 cm³/mol. The lowest BCUT2D eigenvalue weighted by atomic mass is 10.1. The zero-order valence-corrected chi connectivity index (χ0v) is 12.3. The molecule has 2 aromatic rings. The van der Waals surface area contributed by atoms with Gasteiger partial charge in [0.1, 0.15) is 11.6 Å². The Labute approximate surface area is 124 Å². The van der Waals surface area contributed by atoms with Gasteiger partial charge in [0, 0.05) is 18.9 Å². The summed E-state index contributed by atoms with van der Waals surface area (Å²) in [5.74, 6) is 0.718. The fraction of sp³-hybridized carbons (Fsp3) is 0.467. The van der Waals surface area contributed by atoms with E-state index in [-0.39, 0.29) is 0 Å². The van der Waals surface area contributed by atoms with Crippen LogP contribution in [0.25, 0.3) is 0 Å². The highest BCUT2D eigenvalue weighted by Gasteiger charge is 2.29. The zero-order chi connectivity index (χ0) is 14.8. The molecule has 0 spiro atoms. The number of nitrogens with zero attached hydrogens (tertiary/aromatic N) is 6. The Morgan fingerprint density at radius 3 is 2.95 bits per heavy atom. The molecule has 0 aliphatic carbocycles. The van der Waals surface area contributed by atoms with Crippen LogP contribution in [0.2, 0.25) is 0 Å². The summed E-state index contributed by atoms with van der Waals surface area (Å²) in [5, 5.41) is 22.2. The van der Waals surface area contributed by atoms with Crippen LogP contribution in [0.3, 0.4) is 0 Å². The molecule has 1 fully saturated rings. The maximum Gasteiger partial charge on any atom is 0.169 e. The minimum atomic E-state index is 0.313. The van der Waals surface area contributed by atoms with Crippen molar-refractivity contribution in [3.05, 3.63) is 35.3 Å². The molecular weight excluding hydrogens is 264 g/mol. The van der Waals surface area contributed by atoms with Crippen molar-refractivity contribution in [2.24, 2.45) is 0 Å². The van der Waals surface area contributed by atoms with Crippen LogP contribution in [0.5, 0.6) is 0 Å². The van der Waals surface area contributed by atoms with Crippen molar-refractivity contribution in [2.75, 3.05) is 11.4 Å². The first-order valence-corrected chi connectivity index (χ1v) is 7.18. The lowest BCUT2D eigenvalue weighted by Gasteiger charge is -2.26. The van der Waals surface area contributed by atoms with Gasteiger partial charge in [-0.25, -0.2) is 0 Å². The molecule has 0 bridgehead atoms. The summed E-state index contributed by atoms with van der Waals surface area (Å²) < 4.78 is 1.93. The van der Waals surface area contributed by atoms with Gasteiger partial charge in [0.05, 0.1) is 18.3 Å². The normalized spacial score (nSPS) is 18.0. The fourth-order valence-electron chi connectivity index (χ4n) is 2.86. The van der Waals surface area contributed by atoms with Crippen molar-refractivity contribution in [1.82, 2.24) is 20.0 Å². The molecule has 6 nitrogen and oxygen atoms in total. The van der Waals surface area contributed by atoms with Crippen molar-refractivity contribution in [3.8, 4) is 6.07 Å². The van der Waals surface area contributed by atoms with Crippen LogP contribution in [-0.2, 0) is 6.54 Å². The summed E-state index contributed by atoms with van der Waals surface area (Å²) in [7, 11) is 0. The smallest absolute Gasteiger partial charge is 0.169 e. The van der Waals surface area contributed by atoms with E-state index in [0.717, 1.165) is 43.0 Å². The van der Waals surface area contributed by atoms with E-state index in [0.29, 0.717) is 11.6 Å². The number of aromatic nitrogens is 4. The molecule has 1 atom stereocenters. The second kappa shape index (κ2) is 5.52. The average molecular weight is 282 g/mol. The molecule has 0 amide bonds. The van der Waals surface area contributed by atoms with Crippen molar-refractivity contribution in [2.45, 2.75) is 39.3 Å². The van der Waals surface area contributed by atoms with E-state index < -0.39 is 0 Å². The van der Waals surface area contributed by atoms with Crippen LogP contribution in [0, 0.1) is 25.2 Å². The zero-order valence-electron chi connectivity index (χ0n) is 12.3. The Hall–Kier alpha value is -2.42. The van der Waals surface area contributed by atoms with E-state index in [1.54, 1.807) is 6.20 Å². The largest absolute Gasteiger partial charge is 0.349 e. The van der Waals surface area contributed by atoms with E-state index in [1.807, 2.05) is 30.8 Å². The lowest BCUT2D eigenvalue weighted by Crippen LogP contribution is -2.34. The average Bonchev–Trinajstić information content (AvgIpc) is 3.14. The van der Waals surface area contributed by atoms with Gasteiger partial charge < -0.3 is 4.90 Å². The lowest BCUT2D eigenvalue weighted by molar-refractivity contribution is 0.506. The third kappa shape index (κ3) is 2.47. The van der Waals surface area contributed by atoms with Gasteiger partial charge in [0.2, 0.25) is 0 Å². The van der Waals surface area contributed by atoms with Crippen LogP contribution in [0.4, 0.5) is 5.82 Å². The first-order chi connectivity index (χ1) is 10.2. The van der Waals surface area contributed by atoms with Gasteiger partial charge in [0.25, 0.3) is 0 Å². The summed E-state index contributed by atoms with van der Waals surface area (Å²) in [6.45, 7) is 5.55. The predicted octanol–water partition coefficient (Wildman–Crippen LogP) is 1.83. The molecule has 6 heteroatoms.